The van der Waals surface area contributed by atoms with Gasteiger partial charge in [0.15, 0.2) is 0 Å². The molecule has 2 aromatic carbocycles. The lowest BCUT2D eigenvalue weighted by Crippen LogP contribution is -2.24. The number of halogens is 1. The summed E-state index contributed by atoms with van der Waals surface area (Å²) < 4.78 is 0. The maximum absolute atomic E-state index is 12.1. The van der Waals surface area contributed by atoms with Gasteiger partial charge in [0, 0.05) is 30.0 Å². The molecule has 2 heterocycles. The van der Waals surface area contributed by atoms with Crippen LogP contribution in [0.3, 0.4) is 0 Å². The number of carbonyl (C=O) groups excluding carboxylic acids is 1. The van der Waals surface area contributed by atoms with Crippen molar-refractivity contribution in [3.8, 4) is 0 Å². The maximum atomic E-state index is 12.1. The lowest BCUT2D eigenvalue weighted by molar-refractivity contribution is -0.130. The molecule has 0 saturated carbocycles. The van der Waals surface area contributed by atoms with Crippen molar-refractivity contribution in [1.82, 2.24) is 9.99 Å². The van der Waals surface area contributed by atoms with Crippen LogP contribution in [0.1, 0.15) is 30.5 Å². The lowest BCUT2D eigenvalue weighted by Gasteiger charge is -2.20. The molecule has 1 aromatic heterocycles. The smallest absolute Gasteiger partial charge is 0.240 e. The van der Waals surface area contributed by atoms with Crippen LogP contribution in [-0.2, 0) is 4.79 Å². The van der Waals surface area contributed by atoms with Gasteiger partial charge in [-0.05, 0) is 41.5 Å². The standard InChI is InChI=1S/C20H16ClN3O/c1-13(25)24-20(12-19(23-24)15-4-2-6-17(21)11-15)16-7-8-18-14(10-16)5-3-9-22-18/h2-11,20H,12H2,1H3. The van der Waals surface area contributed by atoms with Gasteiger partial charge in [-0.15, -0.1) is 0 Å². The van der Waals surface area contributed by atoms with Gasteiger partial charge in [0.25, 0.3) is 0 Å². The number of hydrazone groups is 1. The molecule has 5 heteroatoms. The fourth-order valence-electron chi connectivity index (χ4n) is 3.20. The molecule has 0 saturated heterocycles. The van der Waals surface area contributed by atoms with Crippen LogP contribution in [0, 0.1) is 0 Å². The molecule has 1 aliphatic rings. The molecule has 1 amide bonds. The molecule has 1 unspecified atom stereocenters. The number of hydrogen-bond donors (Lipinski definition) is 0. The number of amides is 1. The van der Waals surface area contributed by atoms with Crippen molar-refractivity contribution >= 4 is 34.1 Å². The Morgan fingerprint density at radius 1 is 1.16 bits per heavy atom. The monoisotopic (exact) mass is 349 g/mol. The van der Waals surface area contributed by atoms with Crippen LogP contribution in [0.15, 0.2) is 65.9 Å². The van der Waals surface area contributed by atoms with E-state index in [0.29, 0.717) is 11.4 Å². The van der Waals surface area contributed by atoms with Crippen LogP contribution in [-0.4, -0.2) is 21.6 Å². The second kappa shape index (κ2) is 6.30. The van der Waals surface area contributed by atoms with Crippen molar-refractivity contribution in [3.05, 3.63) is 76.9 Å². The van der Waals surface area contributed by atoms with Gasteiger partial charge >= 0.3 is 0 Å². The van der Waals surface area contributed by atoms with E-state index in [9.17, 15) is 4.79 Å². The van der Waals surface area contributed by atoms with Crippen molar-refractivity contribution in [3.63, 3.8) is 0 Å². The van der Waals surface area contributed by atoms with E-state index in [1.807, 2.05) is 48.5 Å². The van der Waals surface area contributed by atoms with Gasteiger partial charge in [-0.1, -0.05) is 35.9 Å². The van der Waals surface area contributed by atoms with Crippen LogP contribution in [0.25, 0.3) is 10.9 Å². The van der Waals surface area contributed by atoms with Gasteiger partial charge in [0.2, 0.25) is 5.91 Å². The van der Waals surface area contributed by atoms with E-state index >= 15 is 0 Å². The Bertz CT molecular complexity index is 999. The largest absolute Gasteiger partial charge is 0.273 e. The highest BCUT2D eigenvalue weighted by molar-refractivity contribution is 6.31. The number of aromatic nitrogens is 1. The topological polar surface area (TPSA) is 45.6 Å². The summed E-state index contributed by atoms with van der Waals surface area (Å²) in [6.07, 6.45) is 2.44. The van der Waals surface area contributed by atoms with Gasteiger partial charge in [0.1, 0.15) is 0 Å². The van der Waals surface area contributed by atoms with Gasteiger partial charge in [-0.25, -0.2) is 5.01 Å². The summed E-state index contributed by atoms with van der Waals surface area (Å²) >= 11 is 6.10. The van der Waals surface area contributed by atoms with Crippen molar-refractivity contribution in [2.45, 2.75) is 19.4 Å². The number of nitrogens with zero attached hydrogens (tertiary/aromatic N) is 3. The highest BCUT2D eigenvalue weighted by atomic mass is 35.5. The van der Waals surface area contributed by atoms with E-state index in [4.69, 9.17) is 11.6 Å². The average molecular weight is 350 g/mol. The molecule has 3 aromatic rings. The van der Waals surface area contributed by atoms with E-state index in [1.54, 1.807) is 18.1 Å². The Kier molecular flexibility index (Phi) is 3.98. The summed E-state index contributed by atoms with van der Waals surface area (Å²) in [5.41, 5.74) is 3.81. The molecule has 0 N–H and O–H groups in total. The zero-order chi connectivity index (χ0) is 17.4. The van der Waals surface area contributed by atoms with E-state index in [-0.39, 0.29) is 11.9 Å². The predicted molar refractivity (Wildman–Crippen MR) is 99.6 cm³/mol. The van der Waals surface area contributed by atoms with Gasteiger partial charge in [0.05, 0.1) is 17.3 Å². The molecule has 0 aliphatic carbocycles. The summed E-state index contributed by atoms with van der Waals surface area (Å²) in [4.78, 5) is 16.5. The molecular formula is C20H16ClN3O. The molecule has 1 aliphatic heterocycles. The number of carbonyl (C=O) groups is 1. The second-order valence-electron chi connectivity index (χ2n) is 6.10. The molecule has 0 radical (unpaired) electrons. The maximum Gasteiger partial charge on any atom is 0.240 e. The van der Waals surface area contributed by atoms with Gasteiger partial charge < -0.3 is 0 Å². The normalized spacial score (nSPS) is 17.0. The molecule has 1 atom stereocenters. The fourth-order valence-corrected chi connectivity index (χ4v) is 3.39. The molecular weight excluding hydrogens is 334 g/mol. The van der Waals surface area contributed by atoms with Crippen LogP contribution < -0.4 is 0 Å². The quantitative estimate of drug-likeness (QED) is 0.679. The first-order chi connectivity index (χ1) is 12.1. The summed E-state index contributed by atoms with van der Waals surface area (Å²) in [6.45, 7) is 1.54. The SMILES string of the molecule is CC(=O)N1N=C(c2cccc(Cl)c2)CC1c1ccc2ncccc2c1. The minimum Gasteiger partial charge on any atom is -0.273 e. The first kappa shape index (κ1) is 15.8. The predicted octanol–water partition coefficient (Wildman–Crippen LogP) is 4.59. The van der Waals surface area contributed by atoms with Crippen LogP contribution >= 0.6 is 11.6 Å². The van der Waals surface area contributed by atoms with Gasteiger partial charge in [-0.3, -0.25) is 9.78 Å². The molecule has 25 heavy (non-hydrogen) atoms. The summed E-state index contributed by atoms with van der Waals surface area (Å²) in [5.74, 6) is -0.0756. The average Bonchev–Trinajstić information content (AvgIpc) is 3.07. The van der Waals surface area contributed by atoms with Gasteiger partial charge in [-0.2, -0.15) is 5.10 Å². The Morgan fingerprint density at radius 2 is 2.04 bits per heavy atom. The van der Waals surface area contributed by atoms with E-state index in [1.165, 1.54) is 0 Å². The highest BCUT2D eigenvalue weighted by Crippen LogP contribution is 2.34. The Hall–Kier alpha value is -2.72. The van der Waals surface area contributed by atoms with Crippen LogP contribution in [0.4, 0.5) is 0 Å². The number of pyridine rings is 1. The fraction of sp³-hybridized carbons (Fsp3) is 0.150. The van der Waals surface area contributed by atoms with Crippen LogP contribution in [0.5, 0.6) is 0 Å². The van der Waals surface area contributed by atoms with E-state index < -0.39 is 0 Å². The number of fused-ring (bicyclic) bond motifs is 1. The molecule has 4 nitrogen and oxygen atoms in total. The molecule has 0 fully saturated rings. The Labute approximate surface area is 150 Å². The molecule has 4 rings (SSSR count). The Balaban J connectivity index is 1.72. The highest BCUT2D eigenvalue weighted by Gasteiger charge is 2.31. The molecule has 0 spiro atoms. The number of hydrogen-bond acceptors (Lipinski definition) is 3. The van der Waals surface area contributed by atoms with Crippen LogP contribution in [0.2, 0.25) is 5.02 Å². The van der Waals surface area contributed by atoms with Crippen molar-refractivity contribution < 1.29 is 4.79 Å². The molecule has 0 bridgehead atoms. The first-order valence-corrected chi connectivity index (χ1v) is 8.47. The first-order valence-electron chi connectivity index (χ1n) is 8.10. The summed E-state index contributed by atoms with van der Waals surface area (Å²) in [6, 6.07) is 17.5. The Morgan fingerprint density at radius 3 is 2.84 bits per heavy atom. The second-order valence-corrected chi connectivity index (χ2v) is 6.53. The third kappa shape index (κ3) is 3.01. The minimum absolute atomic E-state index is 0.0756. The zero-order valence-electron chi connectivity index (χ0n) is 13.7. The third-order valence-electron chi connectivity index (χ3n) is 4.40. The minimum atomic E-state index is -0.115. The lowest BCUT2D eigenvalue weighted by atomic mass is 9.97. The zero-order valence-corrected chi connectivity index (χ0v) is 14.4. The summed E-state index contributed by atoms with van der Waals surface area (Å²) in [5, 5.41) is 7.84. The van der Waals surface area contributed by atoms with Crippen molar-refractivity contribution in [2.75, 3.05) is 0 Å². The van der Waals surface area contributed by atoms with Crippen molar-refractivity contribution in [2.24, 2.45) is 5.10 Å². The third-order valence-corrected chi connectivity index (χ3v) is 4.64. The summed E-state index contributed by atoms with van der Waals surface area (Å²) in [7, 11) is 0. The number of rotatable bonds is 2. The van der Waals surface area contributed by atoms with E-state index in [2.05, 4.69) is 16.2 Å². The van der Waals surface area contributed by atoms with E-state index in [0.717, 1.165) is 27.7 Å². The number of benzene rings is 2. The molecule has 124 valence electrons. The van der Waals surface area contributed by atoms with Crippen molar-refractivity contribution in [1.29, 1.82) is 0 Å².